The van der Waals surface area contributed by atoms with E-state index in [4.69, 9.17) is 4.74 Å². The Hall–Kier alpha value is -4.07. The summed E-state index contributed by atoms with van der Waals surface area (Å²) in [5.41, 5.74) is 0.431. The molecule has 8 heteroatoms. The van der Waals surface area contributed by atoms with E-state index in [0.29, 0.717) is 30.6 Å². The number of carbonyl (C=O) groups is 3. The number of hydrogen-bond acceptors (Lipinski definition) is 5. The number of aromatic hydroxyl groups is 1. The number of phenolic OH excluding ortho intramolecular Hbond substituents is 1. The van der Waals surface area contributed by atoms with Crippen LogP contribution in [0.2, 0.25) is 0 Å². The Morgan fingerprint density at radius 3 is 2.21 bits per heavy atom. The summed E-state index contributed by atoms with van der Waals surface area (Å²) in [6.07, 6.45) is 3.30. The zero-order valence-electron chi connectivity index (χ0n) is 26.4. The van der Waals surface area contributed by atoms with E-state index in [1.54, 1.807) is 37.8 Å². The third kappa shape index (κ3) is 10.3. The standard InChI is InChI=1S/C35H47N3O5/c1-7-8-9-12-21-38(33(41)30(22-24(2)3)37-34(42)43-35(4,5)6)31(26-16-19-29(39)20-17-26)32(40)36-28-18-15-25-13-10-11-14-27(25)23-28/h10-11,13-20,23-24,30-31,39H,7-9,12,21-22H2,1-6H3,(H,36,40)(H,37,42). The lowest BCUT2D eigenvalue weighted by atomic mass is 9.98. The summed E-state index contributed by atoms with van der Waals surface area (Å²) in [7, 11) is 0. The van der Waals surface area contributed by atoms with Crippen LogP contribution in [0.4, 0.5) is 10.5 Å². The molecule has 8 nitrogen and oxygen atoms in total. The fourth-order valence-electron chi connectivity index (χ4n) is 5.03. The lowest BCUT2D eigenvalue weighted by molar-refractivity contribution is -0.141. The number of alkyl carbamates (subject to hydrolysis) is 1. The fourth-order valence-corrected chi connectivity index (χ4v) is 5.03. The van der Waals surface area contributed by atoms with E-state index in [1.807, 2.05) is 56.3 Å². The molecular weight excluding hydrogens is 542 g/mol. The molecule has 0 aliphatic carbocycles. The highest BCUT2D eigenvalue weighted by atomic mass is 16.6. The van der Waals surface area contributed by atoms with E-state index in [0.717, 1.165) is 30.0 Å². The van der Waals surface area contributed by atoms with Crippen LogP contribution >= 0.6 is 0 Å². The van der Waals surface area contributed by atoms with Crippen molar-refractivity contribution < 1.29 is 24.2 Å². The molecule has 0 radical (unpaired) electrons. The number of phenols is 1. The van der Waals surface area contributed by atoms with Crippen molar-refractivity contribution in [1.29, 1.82) is 0 Å². The number of nitrogens with zero attached hydrogens (tertiary/aromatic N) is 1. The van der Waals surface area contributed by atoms with Crippen molar-refractivity contribution in [3.63, 3.8) is 0 Å². The highest BCUT2D eigenvalue weighted by Crippen LogP contribution is 2.28. The molecule has 0 fully saturated rings. The van der Waals surface area contributed by atoms with Crippen molar-refractivity contribution in [3.05, 3.63) is 72.3 Å². The van der Waals surface area contributed by atoms with Gasteiger partial charge in [0, 0.05) is 12.2 Å². The third-order valence-electron chi connectivity index (χ3n) is 7.02. The zero-order chi connectivity index (χ0) is 31.6. The molecule has 43 heavy (non-hydrogen) atoms. The van der Waals surface area contributed by atoms with Gasteiger partial charge in [-0.05, 0) is 80.1 Å². The van der Waals surface area contributed by atoms with E-state index in [2.05, 4.69) is 17.6 Å². The number of amides is 3. The largest absolute Gasteiger partial charge is 0.508 e. The minimum atomic E-state index is -1.00. The van der Waals surface area contributed by atoms with Crippen molar-refractivity contribution in [1.82, 2.24) is 10.2 Å². The topological polar surface area (TPSA) is 108 Å². The van der Waals surface area contributed by atoms with Crippen LogP contribution in [0.25, 0.3) is 10.8 Å². The van der Waals surface area contributed by atoms with Gasteiger partial charge in [-0.2, -0.15) is 0 Å². The minimum Gasteiger partial charge on any atom is -0.508 e. The number of benzene rings is 3. The molecule has 0 heterocycles. The molecule has 3 rings (SSSR count). The average Bonchev–Trinajstić information content (AvgIpc) is 2.93. The lowest BCUT2D eigenvalue weighted by Crippen LogP contribution is -2.53. The van der Waals surface area contributed by atoms with E-state index in [1.165, 1.54) is 12.1 Å². The van der Waals surface area contributed by atoms with E-state index < -0.39 is 23.8 Å². The molecule has 2 atom stereocenters. The molecule has 3 N–H and O–H groups in total. The monoisotopic (exact) mass is 589 g/mol. The normalized spacial score (nSPS) is 12.9. The minimum absolute atomic E-state index is 0.0579. The Morgan fingerprint density at radius 2 is 1.58 bits per heavy atom. The Balaban J connectivity index is 2.02. The smallest absolute Gasteiger partial charge is 0.408 e. The molecule has 0 spiro atoms. The van der Waals surface area contributed by atoms with Gasteiger partial charge in [0.05, 0.1) is 0 Å². The summed E-state index contributed by atoms with van der Waals surface area (Å²) >= 11 is 0. The molecule has 3 aromatic carbocycles. The molecule has 0 aliphatic heterocycles. The maximum Gasteiger partial charge on any atom is 0.408 e. The molecule has 232 valence electrons. The van der Waals surface area contributed by atoms with Gasteiger partial charge in [0.2, 0.25) is 5.91 Å². The van der Waals surface area contributed by atoms with Gasteiger partial charge >= 0.3 is 6.09 Å². The van der Waals surface area contributed by atoms with Gasteiger partial charge in [0.1, 0.15) is 23.4 Å². The Labute approximate surface area is 255 Å². The molecule has 3 amide bonds. The SMILES string of the molecule is CCCCCCN(C(=O)C(CC(C)C)NC(=O)OC(C)(C)C)C(C(=O)Nc1ccc2ccccc2c1)c1ccc(O)cc1. The van der Waals surface area contributed by atoms with Gasteiger partial charge in [-0.15, -0.1) is 0 Å². The van der Waals surface area contributed by atoms with Crippen molar-refractivity contribution in [2.45, 2.75) is 91.3 Å². The molecule has 0 saturated heterocycles. The van der Waals surface area contributed by atoms with E-state index in [-0.39, 0.29) is 23.5 Å². The highest BCUT2D eigenvalue weighted by molar-refractivity contribution is 6.00. The maximum absolute atomic E-state index is 14.4. The van der Waals surface area contributed by atoms with Gasteiger partial charge < -0.3 is 25.4 Å². The number of hydrogen-bond donors (Lipinski definition) is 3. The third-order valence-corrected chi connectivity index (χ3v) is 7.02. The number of rotatable bonds is 13. The van der Waals surface area contributed by atoms with Gasteiger partial charge in [-0.3, -0.25) is 9.59 Å². The van der Waals surface area contributed by atoms with Crippen LogP contribution in [0.15, 0.2) is 66.7 Å². The number of ether oxygens (including phenoxy) is 1. The lowest BCUT2D eigenvalue weighted by Gasteiger charge is -2.35. The van der Waals surface area contributed by atoms with Crippen LogP contribution in [0.5, 0.6) is 5.75 Å². The number of anilines is 1. The van der Waals surface area contributed by atoms with Crippen LogP contribution < -0.4 is 10.6 Å². The molecular formula is C35H47N3O5. The molecule has 0 aromatic heterocycles. The van der Waals surface area contributed by atoms with Crippen molar-refractivity contribution in [2.24, 2.45) is 5.92 Å². The summed E-state index contributed by atoms with van der Waals surface area (Å²) in [5.74, 6) is -0.597. The zero-order valence-corrected chi connectivity index (χ0v) is 26.4. The first-order chi connectivity index (χ1) is 20.4. The van der Waals surface area contributed by atoms with Crippen LogP contribution in [-0.4, -0.2) is 46.1 Å². The number of carbonyl (C=O) groups excluding carboxylic acids is 3. The predicted octanol–water partition coefficient (Wildman–Crippen LogP) is 7.57. The van der Waals surface area contributed by atoms with Gasteiger partial charge in [-0.25, -0.2) is 4.79 Å². The van der Waals surface area contributed by atoms with Gasteiger partial charge in [0.15, 0.2) is 0 Å². The maximum atomic E-state index is 14.4. The van der Waals surface area contributed by atoms with Crippen molar-refractivity contribution >= 4 is 34.4 Å². The molecule has 2 unspecified atom stereocenters. The average molecular weight is 590 g/mol. The van der Waals surface area contributed by atoms with E-state index >= 15 is 0 Å². The first-order valence-electron chi connectivity index (χ1n) is 15.3. The Kier molecular flexibility index (Phi) is 12.0. The highest BCUT2D eigenvalue weighted by Gasteiger charge is 2.36. The van der Waals surface area contributed by atoms with Crippen molar-refractivity contribution in [2.75, 3.05) is 11.9 Å². The molecule has 3 aromatic rings. The second kappa shape index (κ2) is 15.4. The fraction of sp³-hybridized carbons (Fsp3) is 0.457. The van der Waals surface area contributed by atoms with Crippen LogP contribution in [-0.2, 0) is 14.3 Å². The second-order valence-electron chi connectivity index (χ2n) is 12.5. The first-order valence-corrected chi connectivity index (χ1v) is 15.3. The number of nitrogens with one attached hydrogen (secondary N) is 2. The van der Waals surface area contributed by atoms with Crippen LogP contribution in [0.3, 0.4) is 0 Å². The second-order valence-corrected chi connectivity index (χ2v) is 12.5. The van der Waals surface area contributed by atoms with E-state index in [9.17, 15) is 19.5 Å². The summed E-state index contributed by atoms with van der Waals surface area (Å²) in [4.78, 5) is 42.9. The van der Waals surface area contributed by atoms with Crippen LogP contribution in [0.1, 0.15) is 85.3 Å². The number of fused-ring (bicyclic) bond motifs is 1. The summed E-state index contributed by atoms with van der Waals surface area (Å²) in [6, 6.07) is 18.0. The number of unbranched alkanes of at least 4 members (excludes halogenated alkanes) is 3. The molecule has 0 aliphatic rings. The Morgan fingerprint density at radius 1 is 0.907 bits per heavy atom. The van der Waals surface area contributed by atoms with Gasteiger partial charge in [-0.1, -0.05) is 82.5 Å². The molecule has 0 saturated carbocycles. The summed E-state index contributed by atoms with van der Waals surface area (Å²) < 4.78 is 5.48. The molecule has 0 bridgehead atoms. The summed E-state index contributed by atoms with van der Waals surface area (Å²) in [6.45, 7) is 11.7. The van der Waals surface area contributed by atoms with Crippen molar-refractivity contribution in [3.8, 4) is 5.75 Å². The van der Waals surface area contributed by atoms with Crippen LogP contribution in [0, 0.1) is 5.92 Å². The predicted molar refractivity (Wildman–Crippen MR) is 172 cm³/mol. The first kappa shape index (κ1) is 33.4. The Bertz CT molecular complexity index is 1360. The quantitative estimate of drug-likeness (QED) is 0.178. The summed E-state index contributed by atoms with van der Waals surface area (Å²) in [5, 5.41) is 17.8. The van der Waals surface area contributed by atoms with Gasteiger partial charge in [0.25, 0.3) is 5.91 Å².